The number of nitrogens with one attached hydrogen (secondary N) is 1. The van der Waals surface area contributed by atoms with Crippen molar-refractivity contribution in [1.29, 1.82) is 0 Å². The highest BCUT2D eigenvalue weighted by Crippen LogP contribution is 2.10. The molecule has 2 aromatic carbocycles. The topological polar surface area (TPSA) is 102 Å². The Labute approximate surface area is 133 Å². The maximum atomic E-state index is 11.7. The Morgan fingerprint density at radius 1 is 1.09 bits per heavy atom. The van der Waals surface area contributed by atoms with Gasteiger partial charge in [0.25, 0.3) is 0 Å². The first-order valence-electron chi connectivity index (χ1n) is 7.11. The van der Waals surface area contributed by atoms with Crippen LogP contribution in [0.2, 0.25) is 0 Å². The van der Waals surface area contributed by atoms with Crippen molar-refractivity contribution in [2.24, 2.45) is 5.73 Å². The van der Waals surface area contributed by atoms with E-state index in [2.05, 4.69) is 5.32 Å². The number of carbonyl (C=O) groups is 2. The molecule has 6 nitrogen and oxygen atoms in total. The lowest BCUT2D eigenvalue weighted by Crippen LogP contribution is -2.31. The summed E-state index contributed by atoms with van der Waals surface area (Å²) in [6.45, 7) is 0.0912. The standard InChI is InChI=1S/C17H18N2O4/c18-14(10-12-4-2-1-3-5-12)11-23-17(22)19-15-8-6-13(7-9-15)16(20)21/h1-9,14H,10-11,18H2,(H,19,22)(H,20,21)/t14-/m1/s1. The number of carbonyl (C=O) groups excluding carboxylic acids is 1. The minimum absolute atomic E-state index is 0.0912. The molecule has 0 aliphatic heterocycles. The lowest BCUT2D eigenvalue weighted by Gasteiger charge is -2.13. The first-order valence-corrected chi connectivity index (χ1v) is 7.11. The van der Waals surface area contributed by atoms with Crippen molar-refractivity contribution >= 4 is 17.7 Å². The highest BCUT2D eigenvalue weighted by Gasteiger charge is 2.09. The number of amides is 1. The SMILES string of the molecule is N[C@@H](COC(=O)Nc1ccc(C(=O)O)cc1)Cc1ccccc1. The predicted molar refractivity (Wildman–Crippen MR) is 86.5 cm³/mol. The molecule has 0 aliphatic carbocycles. The van der Waals surface area contributed by atoms with Crippen LogP contribution in [0, 0.1) is 0 Å². The molecule has 0 fully saturated rings. The van der Waals surface area contributed by atoms with Gasteiger partial charge in [-0.05, 0) is 36.2 Å². The molecule has 0 heterocycles. The van der Waals surface area contributed by atoms with Crippen LogP contribution in [0.4, 0.5) is 10.5 Å². The number of carboxylic acid groups (broad SMARTS) is 1. The first-order chi connectivity index (χ1) is 11.0. The van der Waals surface area contributed by atoms with Gasteiger partial charge in [-0.3, -0.25) is 5.32 Å². The van der Waals surface area contributed by atoms with E-state index in [1.807, 2.05) is 30.3 Å². The zero-order valence-corrected chi connectivity index (χ0v) is 12.4. The van der Waals surface area contributed by atoms with E-state index in [9.17, 15) is 9.59 Å². The summed E-state index contributed by atoms with van der Waals surface area (Å²) in [4.78, 5) is 22.4. The molecule has 1 amide bonds. The lowest BCUT2D eigenvalue weighted by molar-refractivity contribution is 0.0697. The maximum Gasteiger partial charge on any atom is 0.411 e. The average Bonchev–Trinajstić information content (AvgIpc) is 2.54. The summed E-state index contributed by atoms with van der Waals surface area (Å²) in [5, 5.41) is 11.3. The highest BCUT2D eigenvalue weighted by molar-refractivity contribution is 5.89. The molecule has 6 heteroatoms. The van der Waals surface area contributed by atoms with Gasteiger partial charge in [-0.25, -0.2) is 9.59 Å². The molecule has 0 bridgehead atoms. The van der Waals surface area contributed by atoms with Crippen molar-refractivity contribution in [1.82, 2.24) is 0 Å². The smallest absolute Gasteiger partial charge is 0.411 e. The van der Waals surface area contributed by atoms with Crippen molar-refractivity contribution in [2.75, 3.05) is 11.9 Å². The molecule has 0 saturated heterocycles. The summed E-state index contributed by atoms with van der Waals surface area (Å²) in [6, 6.07) is 15.2. The largest absolute Gasteiger partial charge is 0.478 e. The average molecular weight is 314 g/mol. The second-order valence-corrected chi connectivity index (χ2v) is 5.06. The quantitative estimate of drug-likeness (QED) is 0.760. The van der Waals surface area contributed by atoms with E-state index in [0.29, 0.717) is 12.1 Å². The fraction of sp³-hybridized carbons (Fsp3) is 0.176. The number of ether oxygens (including phenoxy) is 1. The Bertz CT molecular complexity index is 656. The van der Waals surface area contributed by atoms with Gasteiger partial charge in [-0.15, -0.1) is 0 Å². The third-order valence-electron chi connectivity index (χ3n) is 3.15. The second-order valence-electron chi connectivity index (χ2n) is 5.06. The predicted octanol–water partition coefficient (Wildman–Crippen LogP) is 2.50. The number of hydrogen-bond donors (Lipinski definition) is 3. The summed E-state index contributed by atoms with van der Waals surface area (Å²) < 4.78 is 5.07. The summed E-state index contributed by atoms with van der Waals surface area (Å²) in [5.74, 6) is -1.02. The Kier molecular flexibility index (Phi) is 5.71. The molecule has 0 saturated carbocycles. The molecule has 0 radical (unpaired) electrons. The zero-order valence-electron chi connectivity index (χ0n) is 12.4. The van der Waals surface area contributed by atoms with Crippen LogP contribution in [-0.2, 0) is 11.2 Å². The molecular formula is C17H18N2O4. The number of anilines is 1. The monoisotopic (exact) mass is 314 g/mol. The van der Waals surface area contributed by atoms with Gasteiger partial charge in [0.15, 0.2) is 0 Å². The number of nitrogens with two attached hydrogens (primary N) is 1. The summed E-state index contributed by atoms with van der Waals surface area (Å²) in [7, 11) is 0. The van der Waals surface area contributed by atoms with E-state index >= 15 is 0 Å². The van der Waals surface area contributed by atoms with Crippen LogP contribution >= 0.6 is 0 Å². The van der Waals surface area contributed by atoms with Gasteiger partial charge in [0, 0.05) is 11.7 Å². The van der Waals surface area contributed by atoms with Crippen molar-refractivity contribution in [3.8, 4) is 0 Å². The van der Waals surface area contributed by atoms with Crippen LogP contribution in [0.3, 0.4) is 0 Å². The third kappa shape index (κ3) is 5.44. The number of aromatic carboxylic acids is 1. The van der Waals surface area contributed by atoms with Gasteiger partial charge >= 0.3 is 12.1 Å². The van der Waals surface area contributed by atoms with Crippen LogP contribution in [0.1, 0.15) is 15.9 Å². The number of rotatable bonds is 6. The number of benzene rings is 2. The van der Waals surface area contributed by atoms with Crippen molar-refractivity contribution < 1.29 is 19.4 Å². The van der Waals surface area contributed by atoms with Gasteiger partial charge in [-0.1, -0.05) is 30.3 Å². The molecule has 120 valence electrons. The van der Waals surface area contributed by atoms with E-state index in [0.717, 1.165) is 5.56 Å². The van der Waals surface area contributed by atoms with Gasteiger partial charge in [0.2, 0.25) is 0 Å². The molecule has 0 aliphatic rings. The minimum Gasteiger partial charge on any atom is -0.478 e. The Morgan fingerprint density at radius 3 is 2.35 bits per heavy atom. The lowest BCUT2D eigenvalue weighted by atomic mass is 10.1. The van der Waals surface area contributed by atoms with Gasteiger partial charge in [-0.2, -0.15) is 0 Å². The molecule has 0 unspecified atom stereocenters. The van der Waals surface area contributed by atoms with Crippen LogP contribution in [0.15, 0.2) is 54.6 Å². The van der Waals surface area contributed by atoms with Crippen molar-refractivity contribution in [2.45, 2.75) is 12.5 Å². The van der Waals surface area contributed by atoms with Crippen molar-refractivity contribution in [3.63, 3.8) is 0 Å². The van der Waals surface area contributed by atoms with Crippen LogP contribution in [-0.4, -0.2) is 29.8 Å². The molecular weight excluding hydrogens is 296 g/mol. The van der Waals surface area contributed by atoms with E-state index in [1.54, 1.807) is 0 Å². The van der Waals surface area contributed by atoms with Crippen LogP contribution in [0.25, 0.3) is 0 Å². The number of hydrogen-bond acceptors (Lipinski definition) is 4. The van der Waals surface area contributed by atoms with Crippen LogP contribution < -0.4 is 11.1 Å². The molecule has 4 N–H and O–H groups in total. The van der Waals surface area contributed by atoms with Crippen LogP contribution in [0.5, 0.6) is 0 Å². The molecule has 2 rings (SSSR count). The fourth-order valence-electron chi connectivity index (χ4n) is 2.01. The highest BCUT2D eigenvalue weighted by atomic mass is 16.5. The molecule has 23 heavy (non-hydrogen) atoms. The summed E-state index contributed by atoms with van der Waals surface area (Å²) in [6.07, 6.45) is -0.0156. The fourth-order valence-corrected chi connectivity index (χ4v) is 2.01. The molecule has 0 spiro atoms. The van der Waals surface area contributed by atoms with Crippen molar-refractivity contribution in [3.05, 3.63) is 65.7 Å². The Hall–Kier alpha value is -2.86. The Morgan fingerprint density at radius 2 is 1.74 bits per heavy atom. The molecule has 1 atom stereocenters. The Balaban J connectivity index is 1.77. The van der Waals surface area contributed by atoms with E-state index in [4.69, 9.17) is 15.6 Å². The summed E-state index contributed by atoms with van der Waals surface area (Å²) >= 11 is 0. The van der Waals surface area contributed by atoms with E-state index < -0.39 is 12.1 Å². The summed E-state index contributed by atoms with van der Waals surface area (Å²) in [5.41, 5.74) is 7.61. The van der Waals surface area contributed by atoms with E-state index in [1.165, 1.54) is 24.3 Å². The first kappa shape index (κ1) is 16.5. The second kappa shape index (κ2) is 7.95. The normalized spacial score (nSPS) is 11.5. The van der Waals surface area contributed by atoms with E-state index in [-0.39, 0.29) is 18.2 Å². The molecule has 0 aromatic heterocycles. The third-order valence-corrected chi connectivity index (χ3v) is 3.15. The minimum atomic E-state index is -1.02. The van der Waals surface area contributed by atoms with Gasteiger partial charge < -0.3 is 15.6 Å². The number of carboxylic acids is 1. The molecule has 2 aromatic rings. The van der Waals surface area contributed by atoms with Gasteiger partial charge in [0.1, 0.15) is 6.61 Å². The zero-order chi connectivity index (χ0) is 16.7. The maximum absolute atomic E-state index is 11.7. The van der Waals surface area contributed by atoms with Gasteiger partial charge in [0.05, 0.1) is 5.56 Å².